The topological polar surface area (TPSA) is 31.2 Å². The summed E-state index contributed by atoms with van der Waals surface area (Å²) in [5.41, 5.74) is 0.713. The molecule has 2 rings (SSSR count). The monoisotopic (exact) mass is 227 g/mol. The zero-order chi connectivity index (χ0) is 10.7. The number of ether oxygens (including phenoxy) is 1. The molecule has 1 saturated heterocycles. The van der Waals surface area contributed by atoms with Gasteiger partial charge < -0.3 is 9.30 Å². The van der Waals surface area contributed by atoms with E-state index < -0.39 is 0 Å². The third-order valence-electron chi connectivity index (χ3n) is 2.78. The Labute approximate surface area is 93.6 Å². The molecule has 1 aliphatic rings. The van der Waals surface area contributed by atoms with Gasteiger partial charge >= 0.3 is 0 Å². The van der Waals surface area contributed by atoms with Crippen molar-refractivity contribution in [2.45, 2.75) is 24.8 Å². The van der Waals surface area contributed by atoms with Gasteiger partial charge in [-0.3, -0.25) is 4.79 Å². The molecular weight excluding hydrogens is 214 g/mol. The molecular formula is C11H14ClNO2. The lowest BCUT2D eigenvalue weighted by Crippen LogP contribution is -2.30. The van der Waals surface area contributed by atoms with Gasteiger partial charge in [-0.1, -0.05) is 6.07 Å². The molecule has 4 heteroatoms. The van der Waals surface area contributed by atoms with Crippen molar-refractivity contribution in [1.82, 2.24) is 4.57 Å². The first-order valence-corrected chi connectivity index (χ1v) is 5.70. The Hall–Kier alpha value is -0.800. The predicted molar refractivity (Wildman–Crippen MR) is 59.3 cm³/mol. The maximum Gasteiger partial charge on any atom is 0.255 e. The van der Waals surface area contributed by atoms with Crippen molar-refractivity contribution in [3.05, 3.63) is 34.2 Å². The van der Waals surface area contributed by atoms with E-state index in [4.69, 9.17) is 16.3 Å². The van der Waals surface area contributed by atoms with E-state index in [2.05, 4.69) is 0 Å². The van der Waals surface area contributed by atoms with E-state index in [-0.39, 0.29) is 17.5 Å². The molecule has 82 valence electrons. The molecule has 0 unspecified atom stereocenters. The van der Waals surface area contributed by atoms with Gasteiger partial charge in [0.2, 0.25) is 0 Å². The van der Waals surface area contributed by atoms with Crippen molar-refractivity contribution < 1.29 is 4.74 Å². The maximum atomic E-state index is 11.9. The Balaban J connectivity index is 2.30. The van der Waals surface area contributed by atoms with Gasteiger partial charge in [0.05, 0.1) is 5.88 Å². The van der Waals surface area contributed by atoms with E-state index in [0.29, 0.717) is 5.56 Å². The summed E-state index contributed by atoms with van der Waals surface area (Å²) in [4.78, 5) is 11.9. The lowest BCUT2D eigenvalue weighted by molar-refractivity contribution is 0.0686. The molecule has 0 radical (unpaired) electrons. The van der Waals surface area contributed by atoms with Crippen LogP contribution in [0.25, 0.3) is 0 Å². The van der Waals surface area contributed by atoms with Gasteiger partial charge in [0.15, 0.2) is 0 Å². The highest BCUT2D eigenvalue weighted by Crippen LogP contribution is 2.18. The van der Waals surface area contributed by atoms with Crippen LogP contribution in [0.5, 0.6) is 0 Å². The summed E-state index contributed by atoms with van der Waals surface area (Å²) in [6.07, 6.45) is 3.66. The van der Waals surface area contributed by atoms with E-state index in [1.165, 1.54) is 0 Å². The van der Waals surface area contributed by atoms with E-state index >= 15 is 0 Å². The van der Waals surface area contributed by atoms with Gasteiger partial charge in [0.1, 0.15) is 0 Å². The van der Waals surface area contributed by atoms with Gasteiger partial charge in [-0.25, -0.2) is 0 Å². The SMILES string of the molecule is O=c1c(CCl)cccn1C1CCOCC1. The van der Waals surface area contributed by atoms with Crippen LogP contribution in [0.2, 0.25) is 0 Å². The first-order chi connectivity index (χ1) is 7.33. The van der Waals surface area contributed by atoms with Crippen LogP contribution >= 0.6 is 11.6 Å². The number of aromatic nitrogens is 1. The van der Waals surface area contributed by atoms with Crippen molar-refractivity contribution in [3.8, 4) is 0 Å². The third kappa shape index (κ3) is 2.24. The molecule has 1 fully saturated rings. The number of rotatable bonds is 2. The second kappa shape index (κ2) is 4.81. The Morgan fingerprint density at radius 2 is 2.20 bits per heavy atom. The van der Waals surface area contributed by atoms with E-state index in [0.717, 1.165) is 26.1 Å². The zero-order valence-electron chi connectivity index (χ0n) is 8.49. The molecule has 0 N–H and O–H groups in total. The van der Waals surface area contributed by atoms with Crippen molar-refractivity contribution >= 4 is 11.6 Å². The van der Waals surface area contributed by atoms with E-state index in [9.17, 15) is 4.79 Å². The summed E-state index contributed by atoms with van der Waals surface area (Å²) in [5, 5.41) is 0. The van der Waals surface area contributed by atoms with Gasteiger partial charge in [0, 0.05) is 31.0 Å². The number of pyridine rings is 1. The smallest absolute Gasteiger partial charge is 0.255 e. The second-order valence-corrected chi connectivity index (χ2v) is 3.99. The fraction of sp³-hybridized carbons (Fsp3) is 0.545. The molecule has 1 aromatic rings. The van der Waals surface area contributed by atoms with Gasteiger partial charge in [-0.2, -0.15) is 0 Å². The molecule has 0 spiro atoms. The average molecular weight is 228 g/mol. The molecule has 0 atom stereocenters. The Kier molecular flexibility index (Phi) is 3.44. The molecule has 0 saturated carbocycles. The maximum absolute atomic E-state index is 11.9. The highest BCUT2D eigenvalue weighted by molar-refractivity contribution is 6.17. The molecule has 0 aliphatic carbocycles. The van der Waals surface area contributed by atoms with Crippen LogP contribution in [-0.2, 0) is 10.6 Å². The fourth-order valence-corrected chi connectivity index (χ4v) is 2.11. The summed E-state index contributed by atoms with van der Waals surface area (Å²) in [7, 11) is 0. The average Bonchev–Trinajstić information content (AvgIpc) is 2.30. The summed E-state index contributed by atoms with van der Waals surface area (Å²) < 4.78 is 7.07. The second-order valence-electron chi connectivity index (χ2n) is 3.72. The number of alkyl halides is 1. The van der Waals surface area contributed by atoms with Crippen molar-refractivity contribution in [3.63, 3.8) is 0 Å². The molecule has 15 heavy (non-hydrogen) atoms. The van der Waals surface area contributed by atoms with Gasteiger partial charge in [-0.15, -0.1) is 11.6 Å². The lowest BCUT2D eigenvalue weighted by atomic mass is 10.1. The third-order valence-corrected chi connectivity index (χ3v) is 3.07. The van der Waals surface area contributed by atoms with Gasteiger partial charge in [0.25, 0.3) is 5.56 Å². The fourth-order valence-electron chi connectivity index (χ4n) is 1.91. The van der Waals surface area contributed by atoms with Crippen molar-refractivity contribution in [2.24, 2.45) is 0 Å². The van der Waals surface area contributed by atoms with Crippen LogP contribution in [0, 0.1) is 0 Å². The van der Waals surface area contributed by atoms with Crippen LogP contribution < -0.4 is 5.56 Å². The normalized spacial score (nSPS) is 17.9. The van der Waals surface area contributed by atoms with Crippen LogP contribution in [-0.4, -0.2) is 17.8 Å². The van der Waals surface area contributed by atoms with Gasteiger partial charge in [-0.05, 0) is 18.9 Å². The first-order valence-electron chi connectivity index (χ1n) is 5.16. The molecule has 1 aliphatic heterocycles. The summed E-state index contributed by atoms with van der Waals surface area (Å²) in [5.74, 6) is 0.281. The Morgan fingerprint density at radius 1 is 1.47 bits per heavy atom. The van der Waals surface area contributed by atoms with E-state index in [1.54, 1.807) is 10.6 Å². The van der Waals surface area contributed by atoms with Crippen LogP contribution in [0.15, 0.2) is 23.1 Å². The molecule has 2 heterocycles. The first kappa shape index (κ1) is 10.7. The van der Waals surface area contributed by atoms with Crippen LogP contribution in [0.1, 0.15) is 24.4 Å². The summed E-state index contributed by atoms with van der Waals surface area (Å²) >= 11 is 5.71. The van der Waals surface area contributed by atoms with Crippen molar-refractivity contribution in [2.75, 3.05) is 13.2 Å². The number of hydrogen-bond donors (Lipinski definition) is 0. The Morgan fingerprint density at radius 3 is 2.87 bits per heavy atom. The molecule has 0 amide bonds. The summed E-state index contributed by atoms with van der Waals surface area (Å²) in [6.45, 7) is 1.48. The van der Waals surface area contributed by atoms with Crippen LogP contribution in [0.4, 0.5) is 0 Å². The molecule has 0 bridgehead atoms. The Bertz CT molecular complexity index is 382. The zero-order valence-corrected chi connectivity index (χ0v) is 9.24. The minimum atomic E-state index is 0.0411. The lowest BCUT2D eigenvalue weighted by Gasteiger charge is -2.24. The summed E-state index contributed by atoms with van der Waals surface area (Å²) in [6, 6.07) is 3.94. The minimum absolute atomic E-state index is 0.0411. The van der Waals surface area contributed by atoms with E-state index in [1.807, 2.05) is 12.3 Å². The van der Waals surface area contributed by atoms with Crippen LogP contribution in [0.3, 0.4) is 0 Å². The molecule has 1 aromatic heterocycles. The quantitative estimate of drug-likeness (QED) is 0.723. The minimum Gasteiger partial charge on any atom is -0.381 e. The molecule has 3 nitrogen and oxygen atoms in total. The highest BCUT2D eigenvalue weighted by atomic mass is 35.5. The predicted octanol–water partition coefficient (Wildman–Crippen LogP) is 1.94. The highest BCUT2D eigenvalue weighted by Gasteiger charge is 2.17. The number of halogens is 1. The molecule has 0 aromatic carbocycles. The largest absolute Gasteiger partial charge is 0.381 e. The number of hydrogen-bond acceptors (Lipinski definition) is 2. The number of nitrogens with zero attached hydrogens (tertiary/aromatic N) is 1. The standard InChI is InChI=1S/C11H14ClNO2/c12-8-9-2-1-5-13(11(9)14)10-3-6-15-7-4-10/h1-2,5,10H,3-4,6-8H2. The van der Waals surface area contributed by atoms with Crippen molar-refractivity contribution in [1.29, 1.82) is 0 Å².